The van der Waals surface area contributed by atoms with Gasteiger partial charge < -0.3 is 30.4 Å². The van der Waals surface area contributed by atoms with Crippen LogP contribution in [0, 0.1) is 0 Å². The van der Waals surface area contributed by atoms with Crippen LogP contribution in [0.15, 0.2) is 77.9 Å². The van der Waals surface area contributed by atoms with E-state index < -0.39 is 0 Å². The molecular formula is C33H38N8O4. The molecule has 3 heterocycles. The molecule has 0 bridgehead atoms. The maximum Gasteiger partial charge on any atom is 0.328 e. The molecule has 0 aliphatic carbocycles. The highest BCUT2D eigenvalue weighted by atomic mass is 16.5. The lowest BCUT2D eigenvalue weighted by molar-refractivity contribution is -0.139. The van der Waals surface area contributed by atoms with Gasteiger partial charge in [0.1, 0.15) is 11.3 Å². The molecule has 12 heteroatoms. The van der Waals surface area contributed by atoms with Gasteiger partial charge in [-0.15, -0.1) is 0 Å². The zero-order chi connectivity index (χ0) is 31.6. The van der Waals surface area contributed by atoms with E-state index in [1.807, 2.05) is 48.5 Å². The van der Waals surface area contributed by atoms with Crippen molar-refractivity contribution >= 4 is 28.9 Å². The van der Waals surface area contributed by atoms with E-state index in [2.05, 4.69) is 49.3 Å². The normalized spacial score (nSPS) is 11.2. The van der Waals surface area contributed by atoms with E-state index in [1.165, 1.54) is 12.7 Å². The summed E-state index contributed by atoms with van der Waals surface area (Å²) in [6.07, 6.45) is 5.58. The van der Waals surface area contributed by atoms with Crippen molar-refractivity contribution in [3.05, 3.63) is 106 Å². The van der Waals surface area contributed by atoms with Crippen molar-refractivity contribution in [1.29, 1.82) is 0 Å². The van der Waals surface area contributed by atoms with Crippen molar-refractivity contribution in [2.45, 2.75) is 38.9 Å². The number of nitrogen functional groups attached to an aromatic ring is 1. The number of aromatic nitrogens is 5. The average Bonchev–Trinajstić information content (AvgIpc) is 3.36. The summed E-state index contributed by atoms with van der Waals surface area (Å²) in [6, 6.07) is 19.6. The van der Waals surface area contributed by atoms with Crippen LogP contribution in [0.4, 0.5) is 11.8 Å². The third-order valence-corrected chi connectivity index (χ3v) is 7.34. The van der Waals surface area contributed by atoms with Crippen molar-refractivity contribution in [2.75, 3.05) is 38.4 Å². The van der Waals surface area contributed by atoms with E-state index in [9.17, 15) is 9.59 Å². The summed E-state index contributed by atoms with van der Waals surface area (Å²) < 4.78 is 12.2. The summed E-state index contributed by atoms with van der Waals surface area (Å²) in [7, 11) is 3.48. The highest BCUT2D eigenvalue weighted by Crippen LogP contribution is 2.19. The summed E-state index contributed by atoms with van der Waals surface area (Å²) in [5, 5.41) is 3.17. The number of methoxy groups -OCH3 is 1. The summed E-state index contributed by atoms with van der Waals surface area (Å²) in [5.41, 5.74) is 10.8. The number of carbonyl (C=O) groups is 1. The van der Waals surface area contributed by atoms with Gasteiger partial charge in [0.2, 0.25) is 5.95 Å². The van der Waals surface area contributed by atoms with Gasteiger partial charge in [0.25, 0.3) is 0 Å². The first-order valence-electron chi connectivity index (χ1n) is 14.8. The molecule has 0 radical (unpaired) electrons. The number of hydrogen-bond donors (Lipinski definition) is 3. The quantitative estimate of drug-likeness (QED) is 0.118. The van der Waals surface area contributed by atoms with Crippen LogP contribution in [0.2, 0.25) is 0 Å². The fourth-order valence-electron chi connectivity index (χ4n) is 4.94. The van der Waals surface area contributed by atoms with Gasteiger partial charge in [0, 0.05) is 25.5 Å². The Kier molecular flexibility index (Phi) is 10.4. The maximum atomic E-state index is 12.8. The molecule has 0 amide bonds. The molecule has 0 saturated carbocycles. The van der Waals surface area contributed by atoms with Crippen LogP contribution in [-0.2, 0) is 35.6 Å². The van der Waals surface area contributed by atoms with Crippen LogP contribution < -0.4 is 21.5 Å². The maximum absolute atomic E-state index is 12.8. The Balaban J connectivity index is 1.10. The standard InChI is InChI=1S/C33H38N8O4/c1-40(16-3-4-17-45-27-7-5-6-26(18-27)19-28(42)44-2)21-24-8-10-25(11-9-24)22-41-31-29(37-33(41)43)30(34)38-32(39-31)36-20-23-12-14-35-15-13-23/h5-15,18H,3-4,16-17,19-22H2,1-2H3,(H,37,43)(H3,34,36,38,39). The molecule has 0 spiro atoms. The smallest absolute Gasteiger partial charge is 0.328 e. The molecule has 45 heavy (non-hydrogen) atoms. The average molecular weight is 611 g/mol. The topological polar surface area (TPSA) is 153 Å². The van der Waals surface area contributed by atoms with Gasteiger partial charge in [-0.05, 0) is 73.0 Å². The second-order valence-electron chi connectivity index (χ2n) is 10.9. The first-order chi connectivity index (χ1) is 21.9. The fourth-order valence-corrected chi connectivity index (χ4v) is 4.94. The Hall–Kier alpha value is -5.23. The highest BCUT2D eigenvalue weighted by Gasteiger charge is 2.14. The molecular weight excluding hydrogens is 572 g/mol. The SMILES string of the molecule is COC(=O)Cc1cccc(OCCCCN(C)Cc2ccc(Cn3c(=O)[nH]c4c(N)nc(NCc5ccncc5)nc43)cc2)c1. The molecule has 4 N–H and O–H groups in total. The molecule has 0 aliphatic heterocycles. The largest absolute Gasteiger partial charge is 0.494 e. The number of ether oxygens (including phenoxy) is 2. The molecule has 0 fully saturated rings. The van der Waals surface area contributed by atoms with Gasteiger partial charge in [-0.2, -0.15) is 9.97 Å². The number of aromatic amines is 1. The number of benzene rings is 2. The first kappa shape index (κ1) is 31.2. The van der Waals surface area contributed by atoms with E-state index in [-0.39, 0.29) is 23.9 Å². The Morgan fingerprint density at radius 1 is 1.00 bits per heavy atom. The number of esters is 1. The van der Waals surface area contributed by atoms with E-state index in [4.69, 9.17) is 15.2 Å². The minimum atomic E-state index is -0.293. The second-order valence-corrected chi connectivity index (χ2v) is 10.9. The number of imidazole rings is 1. The lowest BCUT2D eigenvalue weighted by Crippen LogP contribution is -2.20. The van der Waals surface area contributed by atoms with E-state index in [0.717, 1.165) is 48.4 Å². The lowest BCUT2D eigenvalue weighted by Gasteiger charge is -2.17. The number of pyridine rings is 1. The molecule has 0 saturated heterocycles. The van der Waals surface area contributed by atoms with E-state index in [1.54, 1.807) is 17.0 Å². The molecule has 12 nitrogen and oxygen atoms in total. The number of carbonyl (C=O) groups excluding carboxylic acids is 1. The number of nitrogens with one attached hydrogen (secondary N) is 2. The molecule has 2 aromatic carbocycles. The van der Waals surface area contributed by atoms with Crippen LogP contribution in [0.3, 0.4) is 0 Å². The summed E-state index contributed by atoms with van der Waals surface area (Å²) in [5.74, 6) is 1.05. The molecule has 0 unspecified atom stereocenters. The molecule has 5 rings (SSSR count). The Labute approximate surface area is 261 Å². The number of fused-ring (bicyclic) bond motifs is 1. The Morgan fingerprint density at radius 2 is 1.78 bits per heavy atom. The number of nitrogens with two attached hydrogens (primary N) is 1. The number of hydrogen-bond acceptors (Lipinski definition) is 10. The van der Waals surface area contributed by atoms with Crippen LogP contribution in [0.25, 0.3) is 11.2 Å². The predicted molar refractivity (Wildman–Crippen MR) is 173 cm³/mol. The Morgan fingerprint density at radius 3 is 2.56 bits per heavy atom. The van der Waals surface area contributed by atoms with Crippen LogP contribution >= 0.6 is 0 Å². The monoisotopic (exact) mass is 610 g/mol. The first-order valence-corrected chi connectivity index (χ1v) is 14.8. The van der Waals surface area contributed by atoms with Crippen molar-refractivity contribution in [3.63, 3.8) is 0 Å². The van der Waals surface area contributed by atoms with Gasteiger partial charge >= 0.3 is 11.7 Å². The number of nitrogens with zero attached hydrogens (tertiary/aromatic N) is 5. The van der Waals surface area contributed by atoms with E-state index >= 15 is 0 Å². The lowest BCUT2D eigenvalue weighted by atomic mass is 10.1. The van der Waals surface area contributed by atoms with Gasteiger partial charge in [-0.1, -0.05) is 36.4 Å². The van der Waals surface area contributed by atoms with Gasteiger partial charge in [0.05, 0.1) is 26.7 Å². The van der Waals surface area contributed by atoms with Gasteiger partial charge in [-0.25, -0.2) is 4.79 Å². The molecule has 0 atom stereocenters. The zero-order valence-corrected chi connectivity index (χ0v) is 25.5. The molecule has 0 aliphatic rings. The number of rotatable bonds is 15. The number of H-pyrrole nitrogens is 1. The number of anilines is 2. The van der Waals surface area contributed by atoms with Gasteiger partial charge in [-0.3, -0.25) is 14.3 Å². The van der Waals surface area contributed by atoms with Crippen LogP contribution in [-0.4, -0.2) is 62.7 Å². The van der Waals surface area contributed by atoms with E-state index in [0.29, 0.717) is 36.8 Å². The van der Waals surface area contributed by atoms with Crippen molar-refractivity contribution in [3.8, 4) is 5.75 Å². The molecule has 3 aromatic heterocycles. The van der Waals surface area contributed by atoms with Crippen molar-refractivity contribution < 1.29 is 14.3 Å². The Bertz CT molecular complexity index is 1770. The van der Waals surface area contributed by atoms with Crippen LogP contribution in [0.1, 0.15) is 35.1 Å². The van der Waals surface area contributed by atoms with Crippen molar-refractivity contribution in [1.82, 2.24) is 29.4 Å². The zero-order valence-electron chi connectivity index (χ0n) is 25.5. The summed E-state index contributed by atoms with van der Waals surface area (Å²) >= 11 is 0. The minimum Gasteiger partial charge on any atom is -0.494 e. The second kappa shape index (κ2) is 15.0. The minimum absolute atomic E-state index is 0.211. The predicted octanol–water partition coefficient (Wildman–Crippen LogP) is 3.76. The van der Waals surface area contributed by atoms with Gasteiger partial charge in [0.15, 0.2) is 11.5 Å². The third-order valence-electron chi connectivity index (χ3n) is 7.34. The highest BCUT2D eigenvalue weighted by molar-refractivity contribution is 5.82. The summed E-state index contributed by atoms with van der Waals surface area (Å²) in [4.78, 5) is 42.3. The number of unbranched alkanes of at least 4 members (excludes halogenated alkanes) is 1. The molecule has 234 valence electrons. The van der Waals surface area contributed by atoms with Crippen molar-refractivity contribution in [2.24, 2.45) is 0 Å². The third kappa shape index (κ3) is 8.67. The molecule has 5 aromatic rings. The summed E-state index contributed by atoms with van der Waals surface area (Å²) in [6.45, 7) is 3.19. The van der Waals surface area contributed by atoms with Crippen LogP contribution in [0.5, 0.6) is 5.75 Å². The fraction of sp³-hybridized carbons (Fsp3) is 0.303.